The summed E-state index contributed by atoms with van der Waals surface area (Å²) in [7, 11) is 1.84. The molecule has 0 amide bonds. The molecule has 2 aromatic rings. The molecule has 1 N–H and O–H groups in total. The fourth-order valence-electron chi connectivity index (χ4n) is 3.14. The number of unbranched alkanes of at least 4 members (excludes halogenated alkanes) is 2. The van der Waals surface area contributed by atoms with Gasteiger partial charge in [0.15, 0.2) is 4.90 Å². The number of hydrogen-bond acceptors (Lipinski definition) is 4. The Hall–Kier alpha value is -1.53. The summed E-state index contributed by atoms with van der Waals surface area (Å²) in [6, 6.07) is 13.5. The summed E-state index contributed by atoms with van der Waals surface area (Å²) in [6.45, 7) is 0.783. The predicted molar refractivity (Wildman–Crippen MR) is 102 cm³/mol. The maximum atomic E-state index is 13.0. The molecule has 0 radical (unpaired) electrons. The van der Waals surface area contributed by atoms with Crippen LogP contribution in [-0.2, 0) is 16.2 Å². The van der Waals surface area contributed by atoms with Crippen LogP contribution in [0.3, 0.4) is 0 Å². The van der Waals surface area contributed by atoms with E-state index >= 15 is 0 Å². The molecule has 0 saturated carbocycles. The van der Waals surface area contributed by atoms with Gasteiger partial charge in [0, 0.05) is 28.6 Å². The van der Waals surface area contributed by atoms with Gasteiger partial charge in [0.1, 0.15) is 17.6 Å². The largest absolute Gasteiger partial charge is 0.588 e. The molecule has 6 heteroatoms. The first kappa shape index (κ1) is 18.3. The Labute approximate surface area is 156 Å². The van der Waals surface area contributed by atoms with Crippen LogP contribution < -0.4 is 9.62 Å². The van der Waals surface area contributed by atoms with Gasteiger partial charge in [-0.2, -0.15) is 4.31 Å². The molecule has 0 bridgehead atoms. The van der Waals surface area contributed by atoms with Gasteiger partial charge < -0.3 is 14.7 Å². The number of carbonyl (C=O) groups is 1. The molecule has 1 aliphatic rings. The van der Waals surface area contributed by atoms with E-state index in [1.54, 1.807) is 10.4 Å². The Bertz CT molecular complexity index is 756. The van der Waals surface area contributed by atoms with E-state index in [4.69, 9.17) is 11.6 Å². The van der Waals surface area contributed by atoms with Crippen molar-refractivity contribution in [3.8, 4) is 0 Å². The maximum absolute atomic E-state index is 13.0. The van der Waals surface area contributed by atoms with Gasteiger partial charge >= 0.3 is 0 Å². The van der Waals surface area contributed by atoms with Gasteiger partial charge in [-0.1, -0.05) is 35.9 Å². The predicted octanol–water partition coefficient (Wildman–Crippen LogP) is 3.86. The summed E-state index contributed by atoms with van der Waals surface area (Å²) < 4.78 is 14.8. The summed E-state index contributed by atoms with van der Waals surface area (Å²) in [4.78, 5) is 11.2. The van der Waals surface area contributed by atoms with Gasteiger partial charge in [0.2, 0.25) is 0 Å². The number of carbonyl (C=O) groups excluding carboxylic acids is 1. The molecule has 0 spiro atoms. The van der Waals surface area contributed by atoms with Crippen molar-refractivity contribution >= 4 is 34.9 Å². The van der Waals surface area contributed by atoms with E-state index in [1.807, 2.05) is 37.4 Å². The molecule has 2 atom stereocenters. The molecular formula is C19H21ClN2O2S. The monoisotopic (exact) mass is 376 g/mol. The minimum Gasteiger partial charge on any atom is -0.588 e. The molecule has 1 aliphatic heterocycles. The third-order valence-corrected chi connectivity index (χ3v) is 6.07. The molecule has 0 saturated heterocycles. The van der Waals surface area contributed by atoms with Gasteiger partial charge in [-0.05, 0) is 31.5 Å². The minimum absolute atomic E-state index is 0.0615. The lowest BCUT2D eigenvalue weighted by Gasteiger charge is -2.21. The Morgan fingerprint density at radius 3 is 2.84 bits per heavy atom. The van der Waals surface area contributed by atoms with Crippen LogP contribution in [-0.4, -0.2) is 24.4 Å². The van der Waals surface area contributed by atoms with Gasteiger partial charge in [-0.25, -0.2) is 0 Å². The van der Waals surface area contributed by atoms with E-state index in [0.717, 1.165) is 47.4 Å². The molecule has 0 aliphatic carbocycles. The number of nitrogens with one attached hydrogen (secondary N) is 1. The Kier molecular flexibility index (Phi) is 6.02. The maximum Gasteiger partial charge on any atom is 0.186 e. The second kappa shape index (κ2) is 8.23. The first-order valence-corrected chi connectivity index (χ1v) is 9.83. The third-order valence-electron chi connectivity index (χ3n) is 4.41. The van der Waals surface area contributed by atoms with Gasteiger partial charge in [0.25, 0.3) is 0 Å². The van der Waals surface area contributed by atoms with Crippen LogP contribution in [0, 0.1) is 0 Å². The Morgan fingerprint density at radius 1 is 1.24 bits per heavy atom. The minimum atomic E-state index is -1.32. The molecule has 2 aromatic carbocycles. The smallest absolute Gasteiger partial charge is 0.186 e. The lowest BCUT2D eigenvalue weighted by molar-refractivity contribution is -0.107. The van der Waals surface area contributed by atoms with Crippen LogP contribution in [0.4, 0.5) is 5.69 Å². The molecule has 1 heterocycles. The van der Waals surface area contributed by atoms with Crippen molar-refractivity contribution in [3.63, 3.8) is 0 Å². The van der Waals surface area contributed by atoms with Crippen molar-refractivity contribution < 1.29 is 9.35 Å². The van der Waals surface area contributed by atoms with E-state index in [2.05, 4.69) is 11.4 Å². The normalized spacial score (nSPS) is 19.1. The summed E-state index contributed by atoms with van der Waals surface area (Å²) in [5, 5.41) is 4.15. The van der Waals surface area contributed by atoms with Gasteiger partial charge in [-0.15, -0.1) is 0 Å². The van der Waals surface area contributed by atoms with Gasteiger partial charge in [0.05, 0.1) is 18.8 Å². The van der Waals surface area contributed by atoms with Gasteiger partial charge in [-0.3, -0.25) is 0 Å². The first-order valence-electron chi connectivity index (χ1n) is 8.34. The van der Waals surface area contributed by atoms with Crippen molar-refractivity contribution in [3.05, 3.63) is 58.6 Å². The van der Waals surface area contributed by atoms with Crippen LogP contribution >= 0.6 is 11.6 Å². The lowest BCUT2D eigenvalue weighted by Crippen LogP contribution is -2.26. The number of benzene rings is 2. The Morgan fingerprint density at radius 2 is 2.04 bits per heavy atom. The second-order valence-corrected chi connectivity index (χ2v) is 7.96. The first-order chi connectivity index (χ1) is 12.1. The molecule has 25 heavy (non-hydrogen) atoms. The Balaban J connectivity index is 1.98. The fraction of sp³-hybridized carbons (Fsp3) is 0.316. The summed E-state index contributed by atoms with van der Waals surface area (Å²) in [6.07, 6.45) is 3.32. The number of aldehydes is 1. The number of nitrogens with zero attached hydrogens (tertiary/aromatic N) is 1. The van der Waals surface area contributed by atoms with Crippen molar-refractivity contribution in [2.24, 2.45) is 0 Å². The fourth-order valence-corrected chi connectivity index (χ4v) is 4.63. The van der Waals surface area contributed by atoms with E-state index < -0.39 is 11.4 Å². The molecule has 132 valence electrons. The zero-order chi connectivity index (χ0) is 17.8. The second-order valence-electron chi connectivity index (χ2n) is 6.04. The van der Waals surface area contributed by atoms with E-state index in [1.165, 1.54) is 0 Å². The van der Waals surface area contributed by atoms with Crippen LogP contribution in [0.15, 0.2) is 47.4 Å². The highest BCUT2D eigenvalue weighted by molar-refractivity contribution is 7.92. The average Bonchev–Trinajstić information content (AvgIpc) is 2.71. The van der Waals surface area contributed by atoms with E-state index in [9.17, 15) is 9.35 Å². The molecular weight excluding hydrogens is 356 g/mol. The zero-order valence-corrected chi connectivity index (χ0v) is 15.6. The standard InChI is InChI=1S/C19H21ClN2O2S/c1-22-17-8-4-3-7-15(17)19(21-11-5-2-6-12-23)16-10-9-14(20)13-18(16)25(22)24/h3-4,7-10,12-13,19,21H,2,5-6,11H2,1H3. The number of halogens is 1. The van der Waals surface area contributed by atoms with E-state index in [0.29, 0.717) is 11.4 Å². The summed E-state index contributed by atoms with van der Waals surface area (Å²) >= 11 is 4.84. The third kappa shape index (κ3) is 3.85. The number of hydrogen-bond donors (Lipinski definition) is 1. The van der Waals surface area contributed by atoms with Crippen molar-refractivity contribution in [1.82, 2.24) is 5.32 Å². The molecule has 0 aromatic heterocycles. The molecule has 3 rings (SSSR count). The van der Waals surface area contributed by atoms with Crippen LogP contribution in [0.2, 0.25) is 5.02 Å². The average molecular weight is 377 g/mol. The molecule has 4 nitrogen and oxygen atoms in total. The van der Waals surface area contributed by atoms with Crippen LogP contribution in [0.25, 0.3) is 0 Å². The quantitative estimate of drug-likeness (QED) is 0.472. The van der Waals surface area contributed by atoms with E-state index in [-0.39, 0.29) is 6.04 Å². The zero-order valence-electron chi connectivity index (χ0n) is 14.1. The number of fused-ring (bicyclic) bond motifs is 2. The number of para-hydroxylation sites is 1. The van der Waals surface area contributed by atoms with Crippen molar-refractivity contribution in [2.75, 3.05) is 17.9 Å². The highest BCUT2D eigenvalue weighted by Crippen LogP contribution is 2.40. The molecule has 2 unspecified atom stereocenters. The van der Waals surface area contributed by atoms with Crippen LogP contribution in [0.5, 0.6) is 0 Å². The topological polar surface area (TPSA) is 55.4 Å². The lowest BCUT2D eigenvalue weighted by atomic mass is 9.96. The van der Waals surface area contributed by atoms with Crippen LogP contribution in [0.1, 0.15) is 36.4 Å². The summed E-state index contributed by atoms with van der Waals surface area (Å²) in [5.41, 5.74) is 3.02. The SMILES string of the molecule is CN1c2ccccc2C(NCCCCC=O)c2ccc(Cl)cc2[S+]1[O-]. The highest BCUT2D eigenvalue weighted by atomic mass is 35.5. The summed E-state index contributed by atoms with van der Waals surface area (Å²) in [5.74, 6) is 0. The number of anilines is 1. The molecule has 0 fully saturated rings. The van der Waals surface area contributed by atoms with Crippen molar-refractivity contribution in [1.29, 1.82) is 0 Å². The highest BCUT2D eigenvalue weighted by Gasteiger charge is 2.34. The van der Waals surface area contributed by atoms with Crippen molar-refractivity contribution in [2.45, 2.75) is 30.2 Å². The number of rotatable bonds is 6.